The van der Waals surface area contributed by atoms with Gasteiger partial charge < -0.3 is 0 Å². The van der Waals surface area contributed by atoms with Crippen LogP contribution < -0.4 is 0 Å². The molecule has 0 saturated heterocycles. The lowest BCUT2D eigenvalue weighted by Gasteiger charge is -2.08. The molecule has 1 nitrogen and oxygen atoms in total. The number of rotatable bonds is 2. The van der Waals surface area contributed by atoms with Gasteiger partial charge in [0.1, 0.15) is 10.8 Å². The summed E-state index contributed by atoms with van der Waals surface area (Å²) in [4.78, 5) is 4.09. The molecule has 1 aromatic carbocycles. The molecule has 0 radical (unpaired) electrons. The molecule has 0 fully saturated rings. The second kappa shape index (κ2) is 5.12. The van der Waals surface area contributed by atoms with Crippen molar-refractivity contribution in [3.05, 3.63) is 40.0 Å². The van der Waals surface area contributed by atoms with Gasteiger partial charge in [0, 0.05) is 10.9 Å². The molecule has 1 heterocycles. The van der Waals surface area contributed by atoms with Crippen molar-refractivity contribution in [3.8, 4) is 11.3 Å². The Labute approximate surface area is 118 Å². The van der Waals surface area contributed by atoms with Gasteiger partial charge in [-0.1, -0.05) is 22.6 Å². The first-order valence-corrected chi connectivity index (χ1v) is 7.20. The van der Waals surface area contributed by atoms with E-state index in [1.807, 2.05) is 0 Å². The van der Waals surface area contributed by atoms with Gasteiger partial charge in [0.15, 0.2) is 0 Å². The summed E-state index contributed by atoms with van der Waals surface area (Å²) in [6, 6.07) is 2.34. The standard InChI is InChI=1S/C11H6F4INS/c12-8-2-1-6(11(13,14)15)3-7(8)9-5-18-10(4-16)17-9/h1-3,5H,4H2. The lowest BCUT2D eigenvalue weighted by atomic mass is 10.1. The Morgan fingerprint density at radius 3 is 2.56 bits per heavy atom. The molecule has 2 aromatic rings. The number of alkyl halides is 4. The SMILES string of the molecule is Fc1ccc(C(F)(F)F)cc1-c1csc(CI)n1. The number of nitrogens with zero attached hydrogens (tertiary/aromatic N) is 1. The minimum Gasteiger partial charge on any atom is -0.240 e. The Hall–Kier alpha value is -0.700. The summed E-state index contributed by atoms with van der Waals surface area (Å²) in [6.45, 7) is 0. The monoisotopic (exact) mass is 387 g/mol. The third kappa shape index (κ3) is 2.82. The molecular weight excluding hydrogens is 381 g/mol. The van der Waals surface area contributed by atoms with Gasteiger partial charge in [0.25, 0.3) is 0 Å². The van der Waals surface area contributed by atoms with Crippen LogP contribution in [0.25, 0.3) is 11.3 Å². The van der Waals surface area contributed by atoms with Crippen LogP contribution in [0.15, 0.2) is 23.6 Å². The van der Waals surface area contributed by atoms with E-state index in [1.54, 1.807) is 5.38 Å². The van der Waals surface area contributed by atoms with E-state index in [2.05, 4.69) is 27.6 Å². The van der Waals surface area contributed by atoms with Crippen molar-refractivity contribution in [1.29, 1.82) is 0 Å². The molecule has 2 rings (SSSR count). The van der Waals surface area contributed by atoms with E-state index in [9.17, 15) is 17.6 Å². The van der Waals surface area contributed by atoms with Gasteiger partial charge in [-0.15, -0.1) is 11.3 Å². The number of benzene rings is 1. The third-order valence-electron chi connectivity index (χ3n) is 2.24. The fourth-order valence-electron chi connectivity index (χ4n) is 1.39. The summed E-state index contributed by atoms with van der Waals surface area (Å²) in [5.41, 5.74) is -0.740. The lowest BCUT2D eigenvalue weighted by Crippen LogP contribution is -2.05. The number of hydrogen-bond donors (Lipinski definition) is 0. The second-order valence-corrected chi connectivity index (χ2v) is 5.16. The second-order valence-electron chi connectivity index (χ2n) is 3.45. The molecule has 0 saturated carbocycles. The molecule has 7 heteroatoms. The van der Waals surface area contributed by atoms with Gasteiger partial charge >= 0.3 is 6.18 Å². The highest BCUT2D eigenvalue weighted by Crippen LogP contribution is 2.34. The summed E-state index contributed by atoms with van der Waals surface area (Å²) in [7, 11) is 0. The van der Waals surface area contributed by atoms with E-state index in [4.69, 9.17) is 0 Å². The van der Waals surface area contributed by atoms with Crippen molar-refractivity contribution in [2.45, 2.75) is 10.6 Å². The summed E-state index contributed by atoms with van der Waals surface area (Å²) in [6.07, 6.45) is -4.48. The number of hydrogen-bond acceptors (Lipinski definition) is 2. The Bertz CT molecular complexity index is 564. The highest BCUT2D eigenvalue weighted by Gasteiger charge is 2.31. The van der Waals surface area contributed by atoms with Gasteiger partial charge in [-0.05, 0) is 18.2 Å². The van der Waals surface area contributed by atoms with E-state index in [0.29, 0.717) is 4.43 Å². The summed E-state index contributed by atoms with van der Waals surface area (Å²) >= 11 is 3.39. The van der Waals surface area contributed by atoms with Crippen LogP contribution in [0, 0.1) is 5.82 Å². The maximum Gasteiger partial charge on any atom is 0.416 e. The minimum absolute atomic E-state index is 0.114. The molecule has 0 spiro atoms. The van der Waals surface area contributed by atoms with Crippen molar-refractivity contribution in [1.82, 2.24) is 4.98 Å². The van der Waals surface area contributed by atoms with E-state index >= 15 is 0 Å². The van der Waals surface area contributed by atoms with Crippen LogP contribution in [0.5, 0.6) is 0 Å². The smallest absolute Gasteiger partial charge is 0.240 e. The Balaban J connectivity index is 2.49. The molecule has 96 valence electrons. The summed E-state index contributed by atoms with van der Waals surface area (Å²) < 4.78 is 51.8. The molecule has 0 aliphatic heterocycles. The first-order chi connectivity index (χ1) is 8.41. The first kappa shape index (κ1) is 13.7. The lowest BCUT2D eigenvalue weighted by molar-refractivity contribution is -0.137. The van der Waals surface area contributed by atoms with Crippen LogP contribution in [-0.4, -0.2) is 4.98 Å². The summed E-state index contributed by atoms with van der Waals surface area (Å²) in [5.74, 6) is -0.701. The zero-order valence-electron chi connectivity index (χ0n) is 8.76. The minimum atomic E-state index is -4.48. The van der Waals surface area contributed by atoms with E-state index in [1.165, 1.54) is 11.3 Å². The Morgan fingerprint density at radius 2 is 2.00 bits per heavy atom. The van der Waals surface area contributed by atoms with Crippen molar-refractivity contribution in [2.75, 3.05) is 0 Å². The van der Waals surface area contributed by atoms with Crippen LogP contribution in [0.1, 0.15) is 10.6 Å². The van der Waals surface area contributed by atoms with Crippen molar-refractivity contribution < 1.29 is 17.6 Å². The predicted octanol–water partition coefficient (Wildman–Crippen LogP) is 4.90. The largest absolute Gasteiger partial charge is 0.416 e. The summed E-state index contributed by atoms with van der Waals surface area (Å²) in [5, 5.41) is 2.31. The van der Waals surface area contributed by atoms with Crippen LogP contribution in [0.2, 0.25) is 0 Å². The van der Waals surface area contributed by atoms with Gasteiger partial charge in [-0.3, -0.25) is 0 Å². The normalized spacial score (nSPS) is 11.8. The van der Waals surface area contributed by atoms with Crippen LogP contribution >= 0.6 is 33.9 Å². The highest BCUT2D eigenvalue weighted by atomic mass is 127. The van der Waals surface area contributed by atoms with Crippen LogP contribution in [-0.2, 0) is 10.6 Å². The third-order valence-corrected chi connectivity index (χ3v) is 4.32. The maximum atomic E-state index is 13.6. The van der Waals surface area contributed by atoms with E-state index in [0.717, 1.165) is 23.2 Å². The average molecular weight is 387 g/mol. The Kier molecular flexibility index (Phi) is 3.90. The quantitative estimate of drug-likeness (QED) is 0.406. The molecule has 0 atom stereocenters. The van der Waals surface area contributed by atoms with E-state index in [-0.39, 0.29) is 11.3 Å². The van der Waals surface area contributed by atoms with Gasteiger partial charge in [-0.25, -0.2) is 9.37 Å². The highest BCUT2D eigenvalue weighted by molar-refractivity contribution is 14.1. The fraction of sp³-hybridized carbons (Fsp3) is 0.182. The molecule has 0 N–H and O–H groups in total. The first-order valence-electron chi connectivity index (χ1n) is 4.79. The topological polar surface area (TPSA) is 12.9 Å². The van der Waals surface area contributed by atoms with Gasteiger partial charge in [-0.2, -0.15) is 13.2 Å². The molecule has 0 bridgehead atoms. The van der Waals surface area contributed by atoms with Gasteiger partial charge in [0.05, 0.1) is 15.7 Å². The molecule has 0 aliphatic rings. The zero-order valence-corrected chi connectivity index (χ0v) is 11.7. The van der Waals surface area contributed by atoms with Crippen molar-refractivity contribution >= 4 is 33.9 Å². The average Bonchev–Trinajstić information content (AvgIpc) is 2.76. The van der Waals surface area contributed by atoms with E-state index < -0.39 is 17.6 Å². The molecular formula is C11H6F4INS. The van der Waals surface area contributed by atoms with Crippen molar-refractivity contribution in [3.63, 3.8) is 0 Å². The Morgan fingerprint density at radius 1 is 1.28 bits per heavy atom. The maximum absolute atomic E-state index is 13.6. The molecule has 1 aromatic heterocycles. The molecule has 18 heavy (non-hydrogen) atoms. The fourth-order valence-corrected chi connectivity index (χ4v) is 2.75. The predicted molar refractivity (Wildman–Crippen MR) is 70.2 cm³/mol. The zero-order chi connectivity index (χ0) is 13.3. The number of halogens is 5. The van der Waals surface area contributed by atoms with Crippen molar-refractivity contribution in [2.24, 2.45) is 0 Å². The number of aromatic nitrogens is 1. The van der Waals surface area contributed by atoms with Crippen LogP contribution in [0.3, 0.4) is 0 Å². The van der Waals surface area contributed by atoms with Crippen LogP contribution in [0.4, 0.5) is 17.6 Å². The molecule has 0 amide bonds. The number of thiazole rings is 1. The molecule has 0 unspecified atom stereocenters. The van der Waals surface area contributed by atoms with Gasteiger partial charge in [0.2, 0.25) is 0 Å². The molecule has 0 aliphatic carbocycles.